The monoisotopic (exact) mass is 437 g/mol. The zero-order valence-electron chi connectivity index (χ0n) is 16.5. The van der Waals surface area contributed by atoms with Gasteiger partial charge in [-0.05, 0) is 32.4 Å². The lowest BCUT2D eigenvalue weighted by molar-refractivity contribution is -0.140. The van der Waals surface area contributed by atoms with Gasteiger partial charge in [0.2, 0.25) is 0 Å². The van der Waals surface area contributed by atoms with Gasteiger partial charge in [0, 0.05) is 24.1 Å². The molecular formula is C20H21Cl2N3O4. The van der Waals surface area contributed by atoms with E-state index < -0.39 is 11.9 Å². The van der Waals surface area contributed by atoms with Crippen LogP contribution < -0.4 is 5.32 Å². The highest BCUT2D eigenvalue weighted by molar-refractivity contribution is 6.42. The second kappa shape index (κ2) is 8.98. The van der Waals surface area contributed by atoms with Crippen molar-refractivity contribution < 1.29 is 18.8 Å². The van der Waals surface area contributed by atoms with Crippen molar-refractivity contribution in [2.24, 2.45) is 0 Å². The summed E-state index contributed by atoms with van der Waals surface area (Å²) in [7, 11) is 1.54. The van der Waals surface area contributed by atoms with Crippen LogP contribution in [0, 0.1) is 6.92 Å². The molecule has 0 aliphatic carbocycles. The summed E-state index contributed by atoms with van der Waals surface area (Å²) >= 11 is 12.8. The Kier molecular flexibility index (Phi) is 6.62. The summed E-state index contributed by atoms with van der Waals surface area (Å²) in [6, 6.07) is 5.28. The summed E-state index contributed by atoms with van der Waals surface area (Å²) in [5.41, 5.74) is 3.08. The molecule has 2 heterocycles. The first-order chi connectivity index (χ1) is 13.8. The number of halogens is 2. The van der Waals surface area contributed by atoms with E-state index in [-0.39, 0.29) is 6.61 Å². The van der Waals surface area contributed by atoms with E-state index in [1.165, 1.54) is 7.11 Å². The average Bonchev–Trinajstić information content (AvgIpc) is 3.09. The van der Waals surface area contributed by atoms with Gasteiger partial charge in [0.05, 0.1) is 28.1 Å². The maximum Gasteiger partial charge on any atom is 0.336 e. The highest BCUT2D eigenvalue weighted by Crippen LogP contribution is 2.46. The maximum absolute atomic E-state index is 13.0. The quantitative estimate of drug-likeness (QED) is 0.533. The smallest absolute Gasteiger partial charge is 0.336 e. The number of aromatic nitrogens is 2. The Morgan fingerprint density at radius 1 is 1.21 bits per heavy atom. The van der Waals surface area contributed by atoms with Crippen molar-refractivity contribution in [3.8, 4) is 0 Å². The number of ether oxygens (including phenoxy) is 2. The highest BCUT2D eigenvalue weighted by atomic mass is 35.5. The topological polar surface area (TPSA) is 86.5 Å². The Balaban J connectivity index is 2.17. The molecule has 2 aromatic rings. The predicted molar refractivity (Wildman–Crippen MR) is 110 cm³/mol. The maximum atomic E-state index is 13.0. The molecule has 7 nitrogen and oxygen atoms in total. The molecule has 0 saturated carbocycles. The minimum Gasteiger partial charge on any atom is -0.460 e. The van der Waals surface area contributed by atoms with Crippen LogP contribution in [0.1, 0.15) is 37.0 Å². The molecule has 0 spiro atoms. The summed E-state index contributed by atoms with van der Waals surface area (Å²) in [6.45, 7) is 5.81. The van der Waals surface area contributed by atoms with Crippen LogP contribution in [-0.4, -0.2) is 36.4 Å². The van der Waals surface area contributed by atoms with Crippen molar-refractivity contribution >= 4 is 34.7 Å². The number of carbonyl (C=O) groups excluding carboxylic acids is 1. The SMILES string of the molecule is COCCOC(=O)C1=C(C)NC(C)=C(c2nc(C)no2)C1c1cccc(Cl)c1Cl. The zero-order chi connectivity index (χ0) is 21.1. The van der Waals surface area contributed by atoms with Gasteiger partial charge in [-0.2, -0.15) is 4.98 Å². The molecule has 29 heavy (non-hydrogen) atoms. The molecule has 1 atom stereocenters. The van der Waals surface area contributed by atoms with E-state index in [1.807, 2.05) is 13.0 Å². The molecule has 0 saturated heterocycles. The number of dihydropyridines is 1. The first-order valence-corrected chi connectivity index (χ1v) is 9.70. The first-order valence-electron chi connectivity index (χ1n) is 8.94. The number of nitrogens with zero attached hydrogens (tertiary/aromatic N) is 2. The Morgan fingerprint density at radius 3 is 2.62 bits per heavy atom. The van der Waals surface area contributed by atoms with E-state index >= 15 is 0 Å². The van der Waals surface area contributed by atoms with E-state index in [2.05, 4.69) is 15.5 Å². The average molecular weight is 438 g/mol. The van der Waals surface area contributed by atoms with Gasteiger partial charge < -0.3 is 19.3 Å². The largest absolute Gasteiger partial charge is 0.460 e. The van der Waals surface area contributed by atoms with Crippen molar-refractivity contribution in [2.45, 2.75) is 26.7 Å². The number of rotatable bonds is 6. The van der Waals surface area contributed by atoms with E-state index in [4.69, 9.17) is 37.2 Å². The third-order valence-electron chi connectivity index (χ3n) is 4.55. The molecule has 1 aromatic heterocycles. The van der Waals surface area contributed by atoms with Crippen molar-refractivity contribution in [3.63, 3.8) is 0 Å². The van der Waals surface area contributed by atoms with Crippen LogP contribution in [0.4, 0.5) is 0 Å². The third-order valence-corrected chi connectivity index (χ3v) is 5.38. The lowest BCUT2D eigenvalue weighted by Crippen LogP contribution is -2.29. The number of aryl methyl sites for hydroxylation is 1. The molecule has 3 rings (SSSR count). The number of hydrogen-bond donors (Lipinski definition) is 1. The standard InChI is InChI=1S/C20H21Cl2N3O4/c1-10-15(19-24-12(3)25-29-19)17(13-6-5-7-14(21)18(13)22)16(11(2)23-10)20(26)28-9-8-27-4/h5-7,17,23H,8-9H2,1-4H3. The van der Waals surface area contributed by atoms with E-state index in [1.54, 1.807) is 26.0 Å². The molecule has 0 fully saturated rings. The van der Waals surface area contributed by atoms with Gasteiger partial charge in [-0.3, -0.25) is 0 Å². The lowest BCUT2D eigenvalue weighted by Gasteiger charge is -2.30. The fourth-order valence-electron chi connectivity index (χ4n) is 3.30. The van der Waals surface area contributed by atoms with Crippen molar-refractivity contribution in [1.29, 1.82) is 0 Å². The van der Waals surface area contributed by atoms with Crippen LogP contribution in [0.3, 0.4) is 0 Å². The van der Waals surface area contributed by atoms with Crippen LogP contribution in [0.15, 0.2) is 39.7 Å². The fourth-order valence-corrected chi connectivity index (χ4v) is 3.72. The van der Waals surface area contributed by atoms with Gasteiger partial charge in [-0.25, -0.2) is 4.79 Å². The van der Waals surface area contributed by atoms with Crippen molar-refractivity contribution in [3.05, 3.63) is 62.5 Å². The second-order valence-corrected chi connectivity index (χ2v) is 7.34. The number of nitrogens with one attached hydrogen (secondary N) is 1. The highest BCUT2D eigenvalue weighted by Gasteiger charge is 2.38. The number of hydrogen-bond acceptors (Lipinski definition) is 7. The van der Waals surface area contributed by atoms with Gasteiger partial charge in [-0.15, -0.1) is 0 Å². The molecule has 1 N–H and O–H groups in total. The molecule has 1 unspecified atom stereocenters. The van der Waals surface area contributed by atoms with Crippen LogP contribution >= 0.6 is 23.2 Å². The van der Waals surface area contributed by atoms with E-state index in [0.717, 1.165) is 5.70 Å². The Labute approximate surface area is 178 Å². The fraction of sp³-hybridized carbons (Fsp3) is 0.350. The summed E-state index contributed by atoms with van der Waals surface area (Å²) in [5, 5.41) is 7.83. The summed E-state index contributed by atoms with van der Waals surface area (Å²) < 4.78 is 15.8. The van der Waals surface area contributed by atoms with Crippen molar-refractivity contribution in [2.75, 3.05) is 20.3 Å². The van der Waals surface area contributed by atoms with Crippen LogP contribution in [-0.2, 0) is 14.3 Å². The molecule has 0 bridgehead atoms. The normalized spacial score (nSPS) is 16.8. The summed E-state index contributed by atoms with van der Waals surface area (Å²) in [6.07, 6.45) is 0. The second-order valence-electron chi connectivity index (χ2n) is 6.55. The Bertz CT molecular complexity index is 997. The molecular weight excluding hydrogens is 417 g/mol. The van der Waals surface area contributed by atoms with Crippen LogP contribution in [0.25, 0.3) is 5.57 Å². The molecule has 9 heteroatoms. The number of benzene rings is 1. The number of esters is 1. The Hall–Kier alpha value is -2.35. The van der Waals surface area contributed by atoms with Crippen LogP contribution in [0.2, 0.25) is 10.0 Å². The van der Waals surface area contributed by atoms with Crippen molar-refractivity contribution in [1.82, 2.24) is 15.5 Å². The number of allylic oxidation sites excluding steroid dienone is 3. The summed E-state index contributed by atoms with van der Waals surface area (Å²) in [4.78, 5) is 17.4. The molecule has 0 radical (unpaired) electrons. The molecule has 154 valence electrons. The number of carbonyl (C=O) groups is 1. The minimum absolute atomic E-state index is 0.125. The zero-order valence-corrected chi connectivity index (χ0v) is 18.0. The molecule has 1 aromatic carbocycles. The van der Waals surface area contributed by atoms with Gasteiger partial charge in [-0.1, -0.05) is 40.5 Å². The molecule has 0 amide bonds. The molecule has 1 aliphatic heterocycles. The summed E-state index contributed by atoms with van der Waals surface area (Å²) in [5.74, 6) is -0.318. The van der Waals surface area contributed by atoms with Crippen LogP contribution in [0.5, 0.6) is 0 Å². The lowest BCUT2D eigenvalue weighted by atomic mass is 9.80. The predicted octanol–water partition coefficient (Wildman–Crippen LogP) is 4.27. The number of methoxy groups -OCH3 is 1. The Morgan fingerprint density at radius 2 is 1.97 bits per heavy atom. The van der Waals surface area contributed by atoms with E-state index in [9.17, 15) is 4.79 Å². The third kappa shape index (κ3) is 4.32. The van der Waals surface area contributed by atoms with Gasteiger partial charge in [0.25, 0.3) is 5.89 Å². The first kappa shape index (κ1) is 21.4. The van der Waals surface area contributed by atoms with Gasteiger partial charge in [0.1, 0.15) is 6.61 Å². The molecule has 1 aliphatic rings. The van der Waals surface area contributed by atoms with E-state index in [0.29, 0.717) is 50.8 Å². The van der Waals surface area contributed by atoms with Gasteiger partial charge in [0.15, 0.2) is 5.82 Å². The minimum atomic E-state index is -0.600. The van der Waals surface area contributed by atoms with Gasteiger partial charge >= 0.3 is 5.97 Å².